The molecule has 0 N–H and O–H groups in total. The van der Waals surface area contributed by atoms with E-state index in [0.29, 0.717) is 12.6 Å². The molecule has 110 valence electrons. The number of piperazine rings is 1. The highest BCUT2D eigenvalue weighted by Crippen LogP contribution is 2.30. The van der Waals surface area contributed by atoms with Crippen LogP contribution < -0.4 is 0 Å². The Morgan fingerprint density at radius 1 is 1.40 bits per heavy atom. The van der Waals surface area contributed by atoms with Crippen LogP contribution in [0.2, 0.25) is 5.02 Å². The number of aromatic nitrogens is 1. The lowest BCUT2D eigenvalue weighted by Gasteiger charge is -2.41. The molecule has 0 aliphatic carbocycles. The van der Waals surface area contributed by atoms with Gasteiger partial charge in [0, 0.05) is 37.6 Å². The molecule has 2 saturated heterocycles. The van der Waals surface area contributed by atoms with Crippen LogP contribution in [0.15, 0.2) is 23.4 Å². The van der Waals surface area contributed by atoms with Crippen LogP contribution in [-0.4, -0.2) is 54.3 Å². The third-order valence-corrected chi connectivity index (χ3v) is 6.65. The second kappa shape index (κ2) is 5.26. The first-order chi connectivity index (χ1) is 9.50. The normalized spacial score (nSPS) is 28.5. The Hall–Kier alpha value is -0.690. The van der Waals surface area contributed by atoms with Gasteiger partial charge in [0.1, 0.15) is 4.90 Å². The minimum absolute atomic E-state index is 0.0365. The quantitative estimate of drug-likeness (QED) is 0.831. The Morgan fingerprint density at radius 3 is 2.95 bits per heavy atom. The molecule has 20 heavy (non-hydrogen) atoms. The smallest absolute Gasteiger partial charge is 0.246 e. The van der Waals surface area contributed by atoms with Crippen LogP contribution in [-0.2, 0) is 10.0 Å². The summed E-state index contributed by atoms with van der Waals surface area (Å²) in [5, 5.41) is 0.237. The summed E-state index contributed by atoms with van der Waals surface area (Å²) >= 11 is 6.03. The second-order valence-corrected chi connectivity index (χ2v) is 7.79. The molecule has 0 radical (unpaired) electrons. The third-order valence-electron chi connectivity index (χ3n) is 4.20. The highest BCUT2D eigenvalue weighted by atomic mass is 35.5. The van der Waals surface area contributed by atoms with Crippen molar-refractivity contribution in [2.24, 2.45) is 0 Å². The lowest BCUT2D eigenvalue weighted by molar-refractivity contribution is 0.117. The maximum absolute atomic E-state index is 12.8. The Morgan fingerprint density at radius 2 is 2.20 bits per heavy atom. The SMILES string of the molecule is CC1CN2CCCC2CN1S(=O)(=O)c1cnccc1Cl. The molecule has 2 aliphatic rings. The van der Waals surface area contributed by atoms with Crippen molar-refractivity contribution in [3.63, 3.8) is 0 Å². The molecule has 1 aromatic heterocycles. The molecule has 1 aromatic rings. The summed E-state index contributed by atoms with van der Waals surface area (Å²) < 4.78 is 27.2. The van der Waals surface area contributed by atoms with Crippen molar-refractivity contribution in [1.82, 2.24) is 14.2 Å². The van der Waals surface area contributed by atoms with E-state index in [1.807, 2.05) is 6.92 Å². The topological polar surface area (TPSA) is 53.5 Å². The largest absolute Gasteiger partial charge is 0.297 e. The van der Waals surface area contributed by atoms with E-state index < -0.39 is 10.0 Å². The van der Waals surface area contributed by atoms with E-state index in [-0.39, 0.29) is 16.0 Å². The molecule has 2 unspecified atom stereocenters. The highest BCUT2D eigenvalue weighted by molar-refractivity contribution is 7.89. The number of pyridine rings is 1. The van der Waals surface area contributed by atoms with E-state index in [1.165, 1.54) is 18.5 Å². The molecule has 2 aliphatic heterocycles. The van der Waals surface area contributed by atoms with Crippen LogP contribution in [0.4, 0.5) is 0 Å². The lowest BCUT2D eigenvalue weighted by Crippen LogP contribution is -2.56. The molecule has 3 rings (SSSR count). The van der Waals surface area contributed by atoms with Crippen molar-refractivity contribution in [3.8, 4) is 0 Å². The molecule has 0 saturated carbocycles. The molecule has 2 fully saturated rings. The Labute approximate surface area is 124 Å². The van der Waals surface area contributed by atoms with E-state index in [4.69, 9.17) is 11.6 Å². The van der Waals surface area contributed by atoms with E-state index in [2.05, 4.69) is 9.88 Å². The zero-order valence-electron chi connectivity index (χ0n) is 11.4. The van der Waals surface area contributed by atoms with Gasteiger partial charge in [0.15, 0.2) is 0 Å². The van der Waals surface area contributed by atoms with Gasteiger partial charge < -0.3 is 0 Å². The van der Waals surface area contributed by atoms with Crippen molar-refractivity contribution < 1.29 is 8.42 Å². The maximum Gasteiger partial charge on any atom is 0.246 e. The fourth-order valence-corrected chi connectivity index (χ4v) is 5.24. The van der Waals surface area contributed by atoms with Crippen LogP contribution in [0.5, 0.6) is 0 Å². The first kappa shape index (κ1) is 14.3. The zero-order valence-corrected chi connectivity index (χ0v) is 12.9. The van der Waals surface area contributed by atoms with Crippen molar-refractivity contribution in [1.29, 1.82) is 0 Å². The third kappa shape index (κ3) is 2.35. The molecule has 0 aromatic carbocycles. The second-order valence-electron chi connectivity index (χ2n) is 5.52. The maximum atomic E-state index is 12.8. The van der Waals surface area contributed by atoms with Gasteiger partial charge in [-0.05, 0) is 32.4 Å². The summed E-state index contributed by atoms with van der Waals surface area (Å²) in [5.74, 6) is 0. The molecule has 3 heterocycles. The van der Waals surface area contributed by atoms with E-state index >= 15 is 0 Å². The summed E-state index contributed by atoms with van der Waals surface area (Å²) in [6.07, 6.45) is 5.06. The number of fused-ring (bicyclic) bond motifs is 1. The van der Waals surface area contributed by atoms with Gasteiger partial charge in [0.25, 0.3) is 0 Å². The molecule has 7 heteroatoms. The standard InChI is InChI=1S/C13H18ClN3O2S/c1-10-8-16-6-2-3-11(16)9-17(10)20(18,19)13-7-15-5-4-12(13)14/h4-5,7,10-11H,2-3,6,8-9H2,1H3. The summed E-state index contributed by atoms with van der Waals surface area (Å²) in [4.78, 5) is 6.40. The van der Waals surface area contributed by atoms with Crippen LogP contribution in [0.25, 0.3) is 0 Å². The average molecular weight is 316 g/mol. The number of sulfonamides is 1. The minimum Gasteiger partial charge on any atom is -0.297 e. The molecule has 5 nitrogen and oxygen atoms in total. The van der Waals surface area contributed by atoms with E-state index in [9.17, 15) is 8.42 Å². The average Bonchev–Trinajstić information content (AvgIpc) is 2.85. The molecule has 0 bridgehead atoms. The van der Waals surface area contributed by atoms with Crippen molar-refractivity contribution in [3.05, 3.63) is 23.5 Å². The number of rotatable bonds is 2. The molecule has 0 spiro atoms. The molecular weight excluding hydrogens is 298 g/mol. The van der Waals surface area contributed by atoms with Gasteiger partial charge in [-0.2, -0.15) is 4.31 Å². The number of hydrogen-bond donors (Lipinski definition) is 0. The lowest BCUT2D eigenvalue weighted by atomic mass is 10.1. The predicted octanol–water partition coefficient (Wildman–Crippen LogP) is 1.59. The van der Waals surface area contributed by atoms with Crippen LogP contribution in [0.1, 0.15) is 19.8 Å². The van der Waals surface area contributed by atoms with Gasteiger partial charge in [0.05, 0.1) is 5.02 Å². The van der Waals surface area contributed by atoms with Crippen molar-refractivity contribution in [2.75, 3.05) is 19.6 Å². The van der Waals surface area contributed by atoms with Gasteiger partial charge in [-0.15, -0.1) is 0 Å². The number of nitrogens with zero attached hydrogens (tertiary/aromatic N) is 3. The van der Waals surface area contributed by atoms with Crippen LogP contribution in [0, 0.1) is 0 Å². The number of halogens is 1. The molecule has 2 atom stereocenters. The zero-order chi connectivity index (χ0) is 14.3. The summed E-state index contributed by atoms with van der Waals surface area (Å²) in [6, 6.07) is 1.83. The fourth-order valence-electron chi connectivity index (χ4n) is 3.17. The van der Waals surface area contributed by atoms with Crippen molar-refractivity contribution in [2.45, 2.75) is 36.7 Å². The van der Waals surface area contributed by atoms with Gasteiger partial charge in [0.2, 0.25) is 10.0 Å². The van der Waals surface area contributed by atoms with Gasteiger partial charge in [-0.3, -0.25) is 9.88 Å². The monoisotopic (exact) mass is 315 g/mol. The van der Waals surface area contributed by atoms with Crippen LogP contribution >= 0.6 is 11.6 Å². The number of hydrogen-bond acceptors (Lipinski definition) is 4. The van der Waals surface area contributed by atoms with Crippen LogP contribution in [0.3, 0.4) is 0 Å². The summed E-state index contributed by atoms with van der Waals surface area (Å²) in [6.45, 7) is 4.38. The Balaban J connectivity index is 1.93. The van der Waals surface area contributed by atoms with E-state index in [1.54, 1.807) is 4.31 Å². The minimum atomic E-state index is -3.57. The highest BCUT2D eigenvalue weighted by Gasteiger charge is 2.40. The van der Waals surface area contributed by atoms with Gasteiger partial charge >= 0.3 is 0 Å². The van der Waals surface area contributed by atoms with Gasteiger partial charge in [-0.1, -0.05) is 11.6 Å². The fraction of sp³-hybridized carbons (Fsp3) is 0.615. The van der Waals surface area contributed by atoms with E-state index in [0.717, 1.165) is 25.9 Å². The van der Waals surface area contributed by atoms with Gasteiger partial charge in [-0.25, -0.2) is 8.42 Å². The Bertz CT molecular complexity index is 607. The van der Waals surface area contributed by atoms with Crippen molar-refractivity contribution >= 4 is 21.6 Å². The summed E-state index contributed by atoms with van der Waals surface area (Å²) in [7, 11) is -3.57. The molecular formula is C13H18ClN3O2S. The first-order valence-electron chi connectivity index (χ1n) is 6.85. The predicted molar refractivity (Wildman–Crippen MR) is 77.2 cm³/mol. The molecule has 0 amide bonds. The summed E-state index contributed by atoms with van der Waals surface area (Å²) in [5.41, 5.74) is 0. The first-order valence-corrected chi connectivity index (χ1v) is 8.67. The Kier molecular flexibility index (Phi) is 3.75.